The molecule has 170 valence electrons. The quantitative estimate of drug-likeness (QED) is 0.285. The van der Waals surface area contributed by atoms with Crippen molar-refractivity contribution in [2.75, 3.05) is 53.6 Å². The maximum Gasteiger partial charge on any atom is 0.339 e. The van der Waals surface area contributed by atoms with E-state index in [1.54, 1.807) is 11.8 Å². The summed E-state index contributed by atoms with van der Waals surface area (Å²) < 4.78 is 43.2. The van der Waals surface area contributed by atoms with Crippen LogP contribution in [-0.4, -0.2) is 84.3 Å². The SMILES string of the molecule is CC#CCOc1ccc(S(=O)(=O)NCC(C(=O)OC)(C(=O)OC)N2CCNCC2)cc1. The van der Waals surface area contributed by atoms with Crippen LogP contribution >= 0.6 is 0 Å². The standard InChI is InChI=1S/C20H27N3O7S/c1-4-5-14-30-16-6-8-17(9-7-16)31(26,27)22-15-20(18(24)28-2,19(25)29-3)23-12-10-21-11-13-23/h6-9,21-22H,10-15H2,1-3H3. The highest BCUT2D eigenvalue weighted by Crippen LogP contribution is 2.22. The van der Waals surface area contributed by atoms with Crippen LogP contribution in [0.25, 0.3) is 0 Å². The van der Waals surface area contributed by atoms with Gasteiger partial charge < -0.3 is 19.5 Å². The van der Waals surface area contributed by atoms with Gasteiger partial charge in [0.25, 0.3) is 0 Å². The van der Waals surface area contributed by atoms with Crippen LogP contribution in [0.4, 0.5) is 0 Å². The van der Waals surface area contributed by atoms with E-state index in [0.717, 1.165) is 14.2 Å². The first-order valence-corrected chi connectivity index (χ1v) is 11.0. The second-order valence-corrected chi connectivity index (χ2v) is 8.36. The molecular formula is C20H27N3O7S. The smallest absolute Gasteiger partial charge is 0.339 e. The molecule has 1 aliphatic heterocycles. The minimum Gasteiger partial charge on any atom is -0.481 e. The molecule has 0 aliphatic carbocycles. The molecule has 0 radical (unpaired) electrons. The highest BCUT2D eigenvalue weighted by atomic mass is 32.2. The molecule has 11 heteroatoms. The van der Waals surface area contributed by atoms with Crippen LogP contribution in [0.3, 0.4) is 0 Å². The van der Waals surface area contributed by atoms with Crippen molar-refractivity contribution in [2.24, 2.45) is 0 Å². The molecule has 2 rings (SSSR count). The van der Waals surface area contributed by atoms with Gasteiger partial charge in [-0.1, -0.05) is 5.92 Å². The number of piperazine rings is 1. The molecule has 1 aromatic carbocycles. The molecule has 0 saturated carbocycles. The average molecular weight is 454 g/mol. The van der Waals surface area contributed by atoms with Crippen LogP contribution in [0.2, 0.25) is 0 Å². The largest absolute Gasteiger partial charge is 0.481 e. The van der Waals surface area contributed by atoms with E-state index in [1.807, 2.05) is 0 Å². The Labute approximate surface area is 182 Å². The zero-order chi connectivity index (χ0) is 22.9. The van der Waals surface area contributed by atoms with Gasteiger partial charge in [-0.05, 0) is 31.2 Å². The summed E-state index contributed by atoms with van der Waals surface area (Å²) in [4.78, 5) is 26.9. The first-order valence-electron chi connectivity index (χ1n) is 9.56. The van der Waals surface area contributed by atoms with Gasteiger partial charge in [-0.2, -0.15) is 0 Å². The highest BCUT2D eigenvalue weighted by molar-refractivity contribution is 7.89. The number of benzene rings is 1. The van der Waals surface area contributed by atoms with Gasteiger partial charge in [0.05, 0.1) is 25.7 Å². The summed E-state index contributed by atoms with van der Waals surface area (Å²) >= 11 is 0. The lowest BCUT2D eigenvalue weighted by molar-refractivity contribution is -0.172. The predicted octanol–water partition coefficient (Wildman–Crippen LogP) is -0.643. The van der Waals surface area contributed by atoms with E-state index in [4.69, 9.17) is 14.2 Å². The summed E-state index contributed by atoms with van der Waals surface area (Å²) in [6.45, 7) is 3.04. The topological polar surface area (TPSA) is 123 Å². The Morgan fingerprint density at radius 3 is 2.23 bits per heavy atom. The van der Waals surface area contributed by atoms with E-state index in [0.29, 0.717) is 31.9 Å². The lowest BCUT2D eigenvalue weighted by Crippen LogP contribution is -2.69. The Kier molecular flexibility index (Phi) is 8.82. The molecule has 0 atom stereocenters. The normalized spacial score (nSPS) is 14.8. The molecule has 1 heterocycles. The lowest BCUT2D eigenvalue weighted by atomic mass is 9.96. The van der Waals surface area contributed by atoms with E-state index >= 15 is 0 Å². The lowest BCUT2D eigenvalue weighted by Gasteiger charge is -2.41. The summed E-state index contributed by atoms with van der Waals surface area (Å²) in [6, 6.07) is 5.71. The van der Waals surface area contributed by atoms with E-state index in [1.165, 1.54) is 24.3 Å². The van der Waals surface area contributed by atoms with Gasteiger partial charge in [0.1, 0.15) is 12.4 Å². The molecule has 2 N–H and O–H groups in total. The van der Waals surface area contributed by atoms with Crippen molar-refractivity contribution in [3.8, 4) is 17.6 Å². The Hall–Kier alpha value is -2.65. The summed E-state index contributed by atoms with van der Waals surface area (Å²) in [7, 11) is -1.77. The van der Waals surface area contributed by atoms with Crippen LogP contribution in [0.1, 0.15) is 6.92 Å². The molecule has 31 heavy (non-hydrogen) atoms. The van der Waals surface area contributed by atoms with Crippen LogP contribution < -0.4 is 14.8 Å². The Morgan fingerprint density at radius 2 is 1.71 bits per heavy atom. The van der Waals surface area contributed by atoms with Gasteiger partial charge in [0, 0.05) is 26.2 Å². The van der Waals surface area contributed by atoms with Crippen LogP contribution in [-0.2, 0) is 29.1 Å². The van der Waals surface area contributed by atoms with Crippen molar-refractivity contribution in [1.82, 2.24) is 14.9 Å². The van der Waals surface area contributed by atoms with Crippen LogP contribution in [0.15, 0.2) is 29.2 Å². The number of rotatable bonds is 9. The van der Waals surface area contributed by atoms with E-state index in [-0.39, 0.29) is 11.5 Å². The third kappa shape index (κ3) is 5.74. The second-order valence-electron chi connectivity index (χ2n) is 6.59. The number of esters is 2. The summed E-state index contributed by atoms with van der Waals surface area (Å²) in [5.41, 5.74) is -1.94. The Bertz CT molecular complexity index is 914. The number of carbonyl (C=O) groups excluding carboxylic acids is 2. The van der Waals surface area contributed by atoms with Gasteiger partial charge in [-0.15, -0.1) is 5.92 Å². The van der Waals surface area contributed by atoms with Crippen LogP contribution in [0, 0.1) is 11.8 Å². The third-order valence-electron chi connectivity index (χ3n) is 4.84. The van der Waals surface area contributed by atoms with Gasteiger partial charge in [-0.25, -0.2) is 22.7 Å². The summed E-state index contributed by atoms with van der Waals surface area (Å²) in [5.74, 6) is 4.10. The molecule has 1 aromatic rings. The van der Waals surface area contributed by atoms with Crippen molar-refractivity contribution in [3.05, 3.63) is 24.3 Å². The average Bonchev–Trinajstić information content (AvgIpc) is 2.80. The van der Waals surface area contributed by atoms with Crippen molar-refractivity contribution in [2.45, 2.75) is 17.4 Å². The molecule has 0 amide bonds. The second kappa shape index (κ2) is 11.1. The third-order valence-corrected chi connectivity index (χ3v) is 6.26. The monoisotopic (exact) mass is 453 g/mol. The van der Waals surface area contributed by atoms with E-state index < -0.39 is 34.0 Å². The van der Waals surface area contributed by atoms with Crippen molar-refractivity contribution < 1.29 is 32.2 Å². The molecular weight excluding hydrogens is 426 g/mol. The number of hydrogen-bond acceptors (Lipinski definition) is 9. The molecule has 1 aliphatic rings. The van der Waals surface area contributed by atoms with E-state index in [2.05, 4.69) is 21.9 Å². The number of methoxy groups -OCH3 is 2. The van der Waals surface area contributed by atoms with Gasteiger partial charge in [0.15, 0.2) is 0 Å². The molecule has 1 saturated heterocycles. The van der Waals surface area contributed by atoms with E-state index in [9.17, 15) is 18.0 Å². The number of carbonyl (C=O) groups is 2. The Balaban J connectivity index is 2.26. The fourth-order valence-corrected chi connectivity index (χ4v) is 4.23. The Morgan fingerprint density at radius 1 is 1.13 bits per heavy atom. The maximum absolute atomic E-state index is 12.8. The minimum absolute atomic E-state index is 0.0506. The fourth-order valence-electron chi connectivity index (χ4n) is 3.17. The highest BCUT2D eigenvalue weighted by Gasteiger charge is 2.54. The zero-order valence-corrected chi connectivity index (χ0v) is 18.6. The molecule has 0 aromatic heterocycles. The number of nitrogens with zero attached hydrogens (tertiary/aromatic N) is 1. The maximum atomic E-state index is 12.8. The molecule has 0 spiro atoms. The zero-order valence-electron chi connectivity index (χ0n) is 17.8. The predicted molar refractivity (Wildman–Crippen MR) is 112 cm³/mol. The first kappa shape index (κ1) is 24.6. The summed E-state index contributed by atoms with van der Waals surface area (Å²) in [5, 5.41) is 3.12. The van der Waals surface area contributed by atoms with Crippen molar-refractivity contribution >= 4 is 22.0 Å². The number of hydrogen-bond donors (Lipinski definition) is 2. The number of nitrogens with one attached hydrogen (secondary N) is 2. The first-order chi connectivity index (χ1) is 14.8. The molecule has 0 bridgehead atoms. The molecule has 10 nitrogen and oxygen atoms in total. The van der Waals surface area contributed by atoms with Crippen molar-refractivity contribution in [3.63, 3.8) is 0 Å². The minimum atomic E-state index is -4.05. The summed E-state index contributed by atoms with van der Waals surface area (Å²) in [6.07, 6.45) is 0. The van der Waals surface area contributed by atoms with Gasteiger partial charge >= 0.3 is 11.9 Å². The molecule has 0 unspecified atom stereocenters. The van der Waals surface area contributed by atoms with Crippen molar-refractivity contribution in [1.29, 1.82) is 0 Å². The van der Waals surface area contributed by atoms with Crippen LogP contribution in [0.5, 0.6) is 5.75 Å². The fraction of sp³-hybridized carbons (Fsp3) is 0.500. The number of sulfonamides is 1. The van der Waals surface area contributed by atoms with Gasteiger partial charge in [-0.3, -0.25) is 4.90 Å². The molecule has 1 fully saturated rings. The number of ether oxygens (including phenoxy) is 3. The van der Waals surface area contributed by atoms with Gasteiger partial charge in [0.2, 0.25) is 15.6 Å².